The molecular weight excluding hydrogens is 372 g/mol. The van der Waals surface area contributed by atoms with Crippen LogP contribution in [-0.4, -0.2) is 44.2 Å². The SMILES string of the molecule is C[C@@H](C(=O)NC1CC1)[NH+]1CC[NH+](C(c2ccc(F)cc2)c2ccc(F)cc2)CC1. The van der Waals surface area contributed by atoms with Crippen molar-refractivity contribution >= 4 is 5.91 Å². The molecule has 2 fully saturated rings. The average molecular weight is 402 g/mol. The number of quaternary nitrogens is 2. The minimum Gasteiger partial charge on any atom is -0.348 e. The molecule has 6 heteroatoms. The molecule has 0 unspecified atom stereocenters. The fourth-order valence-corrected chi connectivity index (χ4v) is 4.33. The van der Waals surface area contributed by atoms with Gasteiger partial charge in [-0.15, -0.1) is 0 Å². The van der Waals surface area contributed by atoms with Crippen molar-refractivity contribution in [2.45, 2.75) is 37.9 Å². The van der Waals surface area contributed by atoms with E-state index >= 15 is 0 Å². The molecule has 0 radical (unpaired) electrons. The summed E-state index contributed by atoms with van der Waals surface area (Å²) in [6, 6.07) is 13.6. The number of piperazine rings is 1. The first kappa shape index (κ1) is 20.0. The smallest absolute Gasteiger partial charge is 0.278 e. The normalized spacial score (nSPS) is 23.0. The summed E-state index contributed by atoms with van der Waals surface area (Å²) in [7, 11) is 0. The average Bonchev–Trinajstić information content (AvgIpc) is 3.55. The number of amides is 1. The lowest BCUT2D eigenvalue weighted by Crippen LogP contribution is -3.30. The van der Waals surface area contributed by atoms with Crippen LogP contribution >= 0.6 is 0 Å². The summed E-state index contributed by atoms with van der Waals surface area (Å²) in [6.45, 7) is 5.60. The lowest BCUT2D eigenvalue weighted by atomic mass is 9.96. The zero-order valence-corrected chi connectivity index (χ0v) is 16.8. The third-order valence-corrected chi connectivity index (χ3v) is 6.28. The summed E-state index contributed by atoms with van der Waals surface area (Å²) >= 11 is 0. The number of benzene rings is 2. The molecule has 29 heavy (non-hydrogen) atoms. The van der Waals surface area contributed by atoms with Crippen molar-refractivity contribution in [3.05, 3.63) is 71.3 Å². The van der Waals surface area contributed by atoms with Gasteiger partial charge < -0.3 is 15.1 Å². The molecule has 0 aromatic heterocycles. The van der Waals surface area contributed by atoms with E-state index in [-0.39, 0.29) is 29.6 Å². The van der Waals surface area contributed by atoms with Gasteiger partial charge in [0.1, 0.15) is 43.9 Å². The summed E-state index contributed by atoms with van der Waals surface area (Å²) in [5.74, 6) is -0.364. The predicted octanol–water partition coefficient (Wildman–Crippen LogP) is 0.505. The van der Waals surface area contributed by atoms with Crippen molar-refractivity contribution in [1.29, 1.82) is 0 Å². The minimum atomic E-state index is -0.258. The molecule has 1 aliphatic carbocycles. The van der Waals surface area contributed by atoms with E-state index in [9.17, 15) is 13.6 Å². The van der Waals surface area contributed by atoms with E-state index < -0.39 is 0 Å². The fourth-order valence-electron chi connectivity index (χ4n) is 4.33. The summed E-state index contributed by atoms with van der Waals surface area (Å²) in [5.41, 5.74) is 2.05. The second-order valence-corrected chi connectivity index (χ2v) is 8.36. The maximum absolute atomic E-state index is 13.5. The highest BCUT2D eigenvalue weighted by atomic mass is 19.1. The van der Waals surface area contributed by atoms with Crippen molar-refractivity contribution < 1.29 is 23.4 Å². The first-order chi connectivity index (χ1) is 14.0. The molecular formula is C23H29F2N3O+2. The lowest BCUT2D eigenvalue weighted by molar-refractivity contribution is -1.03. The van der Waals surface area contributed by atoms with Gasteiger partial charge in [0, 0.05) is 17.2 Å². The highest BCUT2D eigenvalue weighted by molar-refractivity contribution is 5.80. The Morgan fingerprint density at radius 2 is 1.31 bits per heavy atom. The standard InChI is InChI=1S/C23H27F2N3O/c1-16(23(29)26-21-10-11-21)27-12-14-28(15-13-27)22(17-2-6-19(24)7-3-17)18-4-8-20(25)9-5-18/h2-9,16,21-22H,10-15H2,1H3,(H,26,29)/p+2/t16-/m0/s1. The topological polar surface area (TPSA) is 38.0 Å². The van der Waals surface area contributed by atoms with E-state index in [0.29, 0.717) is 6.04 Å². The summed E-state index contributed by atoms with van der Waals surface area (Å²) in [5, 5.41) is 3.11. The maximum atomic E-state index is 13.5. The highest BCUT2D eigenvalue weighted by Gasteiger charge is 2.36. The molecule has 0 spiro atoms. The number of carbonyl (C=O) groups excluding carboxylic acids is 1. The number of halogens is 2. The van der Waals surface area contributed by atoms with Crippen LogP contribution < -0.4 is 15.1 Å². The number of rotatable bonds is 6. The van der Waals surface area contributed by atoms with Gasteiger partial charge >= 0.3 is 0 Å². The first-order valence-electron chi connectivity index (χ1n) is 10.5. The number of nitrogens with one attached hydrogen (secondary N) is 3. The monoisotopic (exact) mass is 401 g/mol. The van der Waals surface area contributed by atoms with Gasteiger partial charge in [-0.2, -0.15) is 0 Å². The molecule has 1 aliphatic heterocycles. The van der Waals surface area contributed by atoms with Gasteiger partial charge in [-0.1, -0.05) is 0 Å². The van der Waals surface area contributed by atoms with E-state index in [1.165, 1.54) is 34.1 Å². The van der Waals surface area contributed by atoms with Gasteiger partial charge in [-0.05, 0) is 68.3 Å². The second-order valence-electron chi connectivity index (χ2n) is 8.36. The van der Waals surface area contributed by atoms with Crippen molar-refractivity contribution in [2.75, 3.05) is 26.2 Å². The zero-order valence-electron chi connectivity index (χ0n) is 16.8. The Labute approximate surface area is 170 Å². The largest absolute Gasteiger partial charge is 0.348 e. The van der Waals surface area contributed by atoms with Crippen LogP contribution in [0.2, 0.25) is 0 Å². The van der Waals surface area contributed by atoms with E-state index in [4.69, 9.17) is 0 Å². The van der Waals surface area contributed by atoms with Crippen molar-refractivity contribution in [2.24, 2.45) is 0 Å². The van der Waals surface area contributed by atoms with Crippen LogP contribution in [0.1, 0.15) is 36.9 Å². The van der Waals surface area contributed by atoms with Gasteiger partial charge in [0.05, 0.1) is 0 Å². The Hall–Kier alpha value is -2.31. The Bertz CT molecular complexity index is 783. The third-order valence-electron chi connectivity index (χ3n) is 6.28. The van der Waals surface area contributed by atoms with E-state index in [1.807, 2.05) is 31.2 Å². The van der Waals surface area contributed by atoms with Crippen LogP contribution in [0.25, 0.3) is 0 Å². The zero-order chi connectivity index (χ0) is 20.4. The second kappa shape index (κ2) is 8.59. The van der Waals surface area contributed by atoms with Crippen LogP contribution in [0.5, 0.6) is 0 Å². The number of hydrogen-bond donors (Lipinski definition) is 3. The molecule has 3 N–H and O–H groups in total. The molecule has 1 saturated heterocycles. The number of hydrogen-bond acceptors (Lipinski definition) is 1. The summed E-state index contributed by atoms with van der Waals surface area (Å²) in [6.07, 6.45) is 2.20. The van der Waals surface area contributed by atoms with Crippen molar-refractivity contribution in [3.8, 4) is 0 Å². The summed E-state index contributed by atoms with van der Waals surface area (Å²) in [4.78, 5) is 15.1. The van der Waals surface area contributed by atoms with Gasteiger partial charge in [-0.3, -0.25) is 4.79 Å². The summed E-state index contributed by atoms with van der Waals surface area (Å²) < 4.78 is 26.9. The molecule has 4 rings (SSSR count). The van der Waals surface area contributed by atoms with Crippen LogP contribution in [0, 0.1) is 11.6 Å². The van der Waals surface area contributed by atoms with Gasteiger partial charge in [0.15, 0.2) is 6.04 Å². The number of carbonyl (C=O) groups is 1. The Morgan fingerprint density at radius 1 is 0.862 bits per heavy atom. The van der Waals surface area contributed by atoms with Crippen molar-refractivity contribution in [3.63, 3.8) is 0 Å². The molecule has 1 amide bonds. The predicted molar refractivity (Wildman–Crippen MR) is 107 cm³/mol. The minimum absolute atomic E-state index is 0.0216. The quantitative estimate of drug-likeness (QED) is 0.648. The molecule has 1 atom stereocenters. The van der Waals surface area contributed by atoms with Crippen molar-refractivity contribution in [1.82, 2.24) is 5.32 Å². The van der Waals surface area contributed by atoms with Crippen LogP contribution in [0.15, 0.2) is 48.5 Å². The Kier molecular flexibility index (Phi) is 5.92. The molecule has 4 nitrogen and oxygen atoms in total. The lowest BCUT2D eigenvalue weighted by Gasteiger charge is -2.36. The van der Waals surface area contributed by atoms with E-state index in [0.717, 1.165) is 50.1 Å². The third kappa shape index (κ3) is 4.82. The molecule has 2 aliphatic rings. The fraction of sp³-hybridized carbons (Fsp3) is 0.435. The van der Waals surface area contributed by atoms with Gasteiger partial charge in [-0.25, -0.2) is 8.78 Å². The molecule has 2 aromatic rings. The molecule has 1 saturated carbocycles. The maximum Gasteiger partial charge on any atom is 0.278 e. The van der Waals surface area contributed by atoms with Crippen LogP contribution in [0.3, 0.4) is 0 Å². The Morgan fingerprint density at radius 3 is 1.76 bits per heavy atom. The first-order valence-corrected chi connectivity index (χ1v) is 10.5. The van der Waals surface area contributed by atoms with Gasteiger partial charge in [0.2, 0.25) is 0 Å². The van der Waals surface area contributed by atoms with E-state index in [1.54, 1.807) is 0 Å². The molecule has 1 heterocycles. The van der Waals surface area contributed by atoms with Crippen LogP contribution in [-0.2, 0) is 4.79 Å². The Balaban J connectivity index is 1.48. The highest BCUT2D eigenvalue weighted by Crippen LogP contribution is 2.20. The molecule has 2 aromatic carbocycles. The van der Waals surface area contributed by atoms with E-state index in [2.05, 4.69) is 5.32 Å². The van der Waals surface area contributed by atoms with Crippen LogP contribution in [0.4, 0.5) is 8.78 Å². The molecule has 0 bridgehead atoms. The molecule has 154 valence electrons. The van der Waals surface area contributed by atoms with Gasteiger partial charge in [0.25, 0.3) is 5.91 Å².